The largest absolute Gasteiger partial charge is 0.491 e. The molecule has 2 aromatic heterocycles. The van der Waals surface area contributed by atoms with Crippen LogP contribution < -0.4 is 15.0 Å². The molecule has 140 valence electrons. The Morgan fingerprint density at radius 1 is 1.19 bits per heavy atom. The van der Waals surface area contributed by atoms with Crippen LogP contribution in [0.3, 0.4) is 0 Å². The molecule has 8 heteroatoms. The first kappa shape index (κ1) is 15.3. The van der Waals surface area contributed by atoms with Gasteiger partial charge in [0.25, 0.3) is 0 Å². The summed E-state index contributed by atoms with van der Waals surface area (Å²) in [7, 11) is 0. The summed E-state index contributed by atoms with van der Waals surface area (Å²) in [5.74, 6) is 3.80. The van der Waals surface area contributed by atoms with Crippen molar-refractivity contribution < 1.29 is 4.74 Å². The van der Waals surface area contributed by atoms with Crippen molar-refractivity contribution in [2.75, 3.05) is 29.9 Å². The molecule has 1 aromatic carbocycles. The monoisotopic (exact) mass is 365 g/mol. The second-order valence-electron chi connectivity index (χ2n) is 7.75. The molecule has 0 spiro atoms. The van der Waals surface area contributed by atoms with Crippen LogP contribution in [0.25, 0.3) is 11.0 Å². The number of imidazole rings is 1. The van der Waals surface area contributed by atoms with Crippen LogP contribution in [0.15, 0.2) is 18.5 Å². The second-order valence-corrected chi connectivity index (χ2v) is 7.75. The van der Waals surface area contributed by atoms with E-state index in [4.69, 9.17) is 9.72 Å². The zero-order valence-electron chi connectivity index (χ0n) is 15.3. The van der Waals surface area contributed by atoms with Crippen LogP contribution in [0.5, 0.6) is 5.75 Å². The molecule has 0 unspecified atom stereocenters. The Morgan fingerprint density at radius 3 is 3.07 bits per heavy atom. The van der Waals surface area contributed by atoms with E-state index in [0.717, 1.165) is 85.9 Å². The van der Waals surface area contributed by atoms with Crippen molar-refractivity contribution in [3.63, 3.8) is 0 Å². The lowest BCUT2D eigenvalue weighted by molar-refractivity contribution is 0.315. The lowest BCUT2D eigenvalue weighted by Crippen LogP contribution is -2.36. The molecule has 0 atom stereocenters. The Hall–Kier alpha value is -2.77. The van der Waals surface area contributed by atoms with Crippen LogP contribution in [-0.2, 0) is 19.6 Å². The number of ether oxygens (including phenoxy) is 1. The maximum absolute atomic E-state index is 6.08. The smallest absolute Gasteiger partial charge is 0.207 e. The summed E-state index contributed by atoms with van der Waals surface area (Å²) < 4.78 is 10.4. The van der Waals surface area contributed by atoms with Gasteiger partial charge in [-0.05, 0) is 31.2 Å². The molecule has 1 aliphatic carbocycles. The molecule has 6 rings (SSSR count). The minimum absolute atomic E-state index is 0.742. The zero-order chi connectivity index (χ0) is 17.8. The number of anilines is 2. The van der Waals surface area contributed by atoms with Gasteiger partial charge < -0.3 is 19.5 Å². The molecule has 1 saturated carbocycles. The molecule has 0 amide bonds. The topological polar surface area (TPSA) is 73.0 Å². The summed E-state index contributed by atoms with van der Waals surface area (Å²) in [6.07, 6.45) is 5.32. The van der Waals surface area contributed by atoms with Crippen molar-refractivity contribution in [1.82, 2.24) is 24.3 Å². The van der Waals surface area contributed by atoms with Crippen LogP contribution in [0, 0.1) is 5.92 Å². The third-order valence-electron chi connectivity index (χ3n) is 5.75. The van der Waals surface area contributed by atoms with Gasteiger partial charge in [-0.15, -0.1) is 0 Å². The van der Waals surface area contributed by atoms with Gasteiger partial charge in [0.1, 0.15) is 23.4 Å². The van der Waals surface area contributed by atoms with Gasteiger partial charge in [-0.3, -0.25) is 0 Å². The van der Waals surface area contributed by atoms with Crippen LogP contribution >= 0.6 is 0 Å². The van der Waals surface area contributed by atoms with Gasteiger partial charge in [0.15, 0.2) is 0 Å². The highest BCUT2D eigenvalue weighted by Gasteiger charge is 2.26. The standard InChI is InChI=1S/C19H23N7O/c1-4-25-18-15(8-14(9-16(18)27-7-1)20-10-13-2-3-13)23-19(25)24-5-6-26-17(11-24)21-12-22-26/h8-9,12-13,20H,1-7,10-11H2. The van der Waals surface area contributed by atoms with Crippen molar-refractivity contribution >= 4 is 22.7 Å². The molecule has 0 radical (unpaired) electrons. The summed E-state index contributed by atoms with van der Waals surface area (Å²) in [5.41, 5.74) is 3.24. The number of nitrogens with one attached hydrogen (secondary N) is 1. The number of nitrogens with zero attached hydrogens (tertiary/aromatic N) is 6. The molecule has 3 aliphatic rings. The third-order valence-corrected chi connectivity index (χ3v) is 5.75. The predicted octanol–water partition coefficient (Wildman–Crippen LogP) is 2.25. The highest BCUT2D eigenvalue weighted by Crippen LogP contribution is 2.37. The molecule has 8 nitrogen and oxygen atoms in total. The highest BCUT2D eigenvalue weighted by molar-refractivity contribution is 5.88. The molecule has 2 aliphatic heterocycles. The quantitative estimate of drug-likeness (QED) is 0.765. The van der Waals surface area contributed by atoms with Crippen LogP contribution in [0.2, 0.25) is 0 Å². The van der Waals surface area contributed by atoms with Crippen molar-refractivity contribution in [2.45, 2.75) is 38.9 Å². The van der Waals surface area contributed by atoms with E-state index in [-0.39, 0.29) is 0 Å². The van der Waals surface area contributed by atoms with Gasteiger partial charge in [-0.2, -0.15) is 5.10 Å². The minimum Gasteiger partial charge on any atom is -0.491 e. The Bertz CT molecular complexity index is 1000. The summed E-state index contributed by atoms with van der Waals surface area (Å²) in [6, 6.07) is 4.31. The summed E-state index contributed by atoms with van der Waals surface area (Å²) in [4.78, 5) is 11.7. The zero-order valence-corrected chi connectivity index (χ0v) is 15.3. The minimum atomic E-state index is 0.742. The lowest BCUT2D eigenvalue weighted by Gasteiger charge is -2.28. The SMILES string of the molecule is c1nc2n(n1)CCN(c1nc3cc(NCC4CC4)cc4c3n1CCCO4)C2. The molecule has 27 heavy (non-hydrogen) atoms. The van der Waals surface area contributed by atoms with Crippen LogP contribution in [0.1, 0.15) is 25.1 Å². The number of benzene rings is 1. The number of aryl methyl sites for hydroxylation is 1. The van der Waals surface area contributed by atoms with Gasteiger partial charge in [-0.1, -0.05) is 0 Å². The van der Waals surface area contributed by atoms with E-state index in [0.29, 0.717) is 0 Å². The number of aromatic nitrogens is 5. The maximum Gasteiger partial charge on any atom is 0.207 e. The van der Waals surface area contributed by atoms with E-state index in [1.54, 1.807) is 6.33 Å². The molecular formula is C19H23N7O. The third kappa shape index (κ3) is 2.62. The van der Waals surface area contributed by atoms with Gasteiger partial charge in [0, 0.05) is 31.4 Å². The van der Waals surface area contributed by atoms with Gasteiger partial charge >= 0.3 is 0 Å². The van der Waals surface area contributed by atoms with Crippen molar-refractivity contribution in [2.24, 2.45) is 5.92 Å². The fourth-order valence-corrected chi connectivity index (χ4v) is 4.11. The van der Waals surface area contributed by atoms with E-state index in [9.17, 15) is 0 Å². The molecular weight excluding hydrogens is 342 g/mol. The van der Waals surface area contributed by atoms with E-state index in [2.05, 4.69) is 37.0 Å². The number of fused-ring (bicyclic) bond motifs is 1. The summed E-state index contributed by atoms with van der Waals surface area (Å²) in [6.45, 7) is 5.19. The first-order valence-electron chi connectivity index (χ1n) is 9.88. The number of rotatable bonds is 4. The molecule has 0 bridgehead atoms. The van der Waals surface area contributed by atoms with Gasteiger partial charge in [0.2, 0.25) is 5.95 Å². The van der Waals surface area contributed by atoms with Crippen molar-refractivity contribution in [3.8, 4) is 5.75 Å². The first-order chi connectivity index (χ1) is 13.3. The molecule has 3 aromatic rings. The van der Waals surface area contributed by atoms with Gasteiger partial charge in [-0.25, -0.2) is 14.6 Å². The van der Waals surface area contributed by atoms with Crippen LogP contribution in [0.4, 0.5) is 11.6 Å². The summed E-state index contributed by atoms with van der Waals surface area (Å²) >= 11 is 0. The Labute approximate surface area is 157 Å². The summed E-state index contributed by atoms with van der Waals surface area (Å²) in [5, 5.41) is 7.86. The normalized spacial score (nSPS) is 18.9. The first-order valence-corrected chi connectivity index (χ1v) is 9.88. The Morgan fingerprint density at radius 2 is 2.15 bits per heavy atom. The van der Waals surface area contributed by atoms with E-state index >= 15 is 0 Å². The average molecular weight is 365 g/mol. The van der Waals surface area contributed by atoms with Crippen LogP contribution in [-0.4, -0.2) is 44.0 Å². The van der Waals surface area contributed by atoms with Gasteiger partial charge in [0.05, 0.1) is 25.2 Å². The van der Waals surface area contributed by atoms with Crippen molar-refractivity contribution in [3.05, 3.63) is 24.3 Å². The van der Waals surface area contributed by atoms with E-state index < -0.39 is 0 Å². The highest BCUT2D eigenvalue weighted by atomic mass is 16.5. The number of hydrogen-bond acceptors (Lipinski definition) is 6. The molecule has 1 fully saturated rings. The van der Waals surface area contributed by atoms with E-state index in [1.807, 2.05) is 4.68 Å². The molecule has 0 saturated heterocycles. The second kappa shape index (κ2) is 5.87. The Balaban J connectivity index is 1.41. The number of hydrogen-bond donors (Lipinski definition) is 1. The maximum atomic E-state index is 6.08. The molecule has 1 N–H and O–H groups in total. The lowest BCUT2D eigenvalue weighted by atomic mass is 10.2. The fraction of sp³-hybridized carbons (Fsp3) is 0.526. The van der Waals surface area contributed by atoms with Crippen molar-refractivity contribution in [1.29, 1.82) is 0 Å². The molecule has 4 heterocycles. The average Bonchev–Trinajstić information content (AvgIpc) is 3.33. The van der Waals surface area contributed by atoms with E-state index in [1.165, 1.54) is 12.8 Å². The fourth-order valence-electron chi connectivity index (χ4n) is 4.11. The Kier molecular flexibility index (Phi) is 3.33. The predicted molar refractivity (Wildman–Crippen MR) is 102 cm³/mol.